The molecule has 1 saturated heterocycles. The van der Waals surface area contributed by atoms with E-state index in [1.807, 2.05) is 36.1 Å². The first-order valence-electron chi connectivity index (χ1n) is 21.7. The molecule has 1 atom stereocenters. The van der Waals surface area contributed by atoms with Crippen LogP contribution < -0.4 is 41.4 Å². The van der Waals surface area contributed by atoms with E-state index in [0.29, 0.717) is 108 Å². The molecule has 3 aromatic carbocycles. The lowest BCUT2D eigenvalue weighted by Gasteiger charge is -2.31. The lowest BCUT2D eigenvalue weighted by molar-refractivity contribution is -0.125. The normalized spacial score (nSPS) is 17.5. The van der Waals surface area contributed by atoms with Crippen molar-refractivity contribution in [1.82, 2.24) is 24.4 Å². The standard InChI is InChI=1S/C47H50F2N8O7S/c1-27-24-51-46(54-42(27)52-30-12-14-37-35(22-30)39-40(45(60)56(37)3)64-26-47(48,49)41(53-39)28-10-11-28)57-19-16-29(17-20-57)43(58)50-18-7-21-63-38-15-13-31(65(4,61)62)23-34(38)36-25-55(2)44(59)33-9-6-5-8-32(33)36/h5-6,8-9,12-15,22-25,28-29,41,53H,7,10-11,16-21,26H2,1-4H3,(H,50,58)(H,51,52,54). The van der Waals surface area contributed by atoms with Crippen LogP contribution in [0, 0.1) is 18.8 Å². The topological polar surface area (TPSA) is 179 Å². The Kier molecular flexibility index (Phi) is 11.5. The SMILES string of the molecule is Cc1cnc(N2CCC(C(=O)NCCCOc3ccc(S(C)(=O)=O)cc3-c3cn(C)c(=O)c4ccccc34)CC2)nc1Nc1ccc2c(c1)c1c(c(=O)n2C)OCC(F)(F)C(C2CC2)N1. The summed E-state index contributed by atoms with van der Waals surface area (Å²) in [4.78, 5) is 51.0. The van der Waals surface area contributed by atoms with Crippen LogP contribution in [0.15, 0.2) is 87.5 Å². The van der Waals surface area contributed by atoms with Gasteiger partial charge >= 0.3 is 5.92 Å². The molecule has 1 aliphatic carbocycles. The maximum absolute atomic E-state index is 15.2. The minimum Gasteiger partial charge on any atom is -0.493 e. The summed E-state index contributed by atoms with van der Waals surface area (Å²) < 4.78 is 70.0. The van der Waals surface area contributed by atoms with Gasteiger partial charge in [-0.1, -0.05) is 18.2 Å². The number of piperidine rings is 1. The third kappa shape index (κ3) is 8.70. The summed E-state index contributed by atoms with van der Waals surface area (Å²) in [6.45, 7) is 2.75. The number of rotatable bonds is 12. The first-order valence-corrected chi connectivity index (χ1v) is 23.6. The Morgan fingerprint density at radius 2 is 1.72 bits per heavy atom. The lowest BCUT2D eigenvalue weighted by Crippen LogP contribution is -2.44. The molecular formula is C47H50F2N8O7S. The number of aryl methyl sites for hydroxylation is 3. The van der Waals surface area contributed by atoms with Gasteiger partial charge in [-0.2, -0.15) is 4.98 Å². The predicted octanol–water partition coefficient (Wildman–Crippen LogP) is 6.32. The van der Waals surface area contributed by atoms with Crippen LogP contribution in [-0.4, -0.2) is 84.5 Å². The third-order valence-corrected chi connectivity index (χ3v) is 13.7. The average molecular weight is 909 g/mol. The zero-order valence-electron chi connectivity index (χ0n) is 36.5. The molecule has 0 radical (unpaired) electrons. The molecule has 6 aromatic rings. The number of alkyl halides is 2. The fourth-order valence-electron chi connectivity index (χ4n) is 8.79. The van der Waals surface area contributed by atoms with Gasteiger partial charge in [-0.3, -0.25) is 14.4 Å². The summed E-state index contributed by atoms with van der Waals surface area (Å²) in [5.41, 5.74) is 2.79. The fourth-order valence-corrected chi connectivity index (χ4v) is 9.44. The van der Waals surface area contributed by atoms with Crippen LogP contribution in [0.25, 0.3) is 32.8 Å². The molecule has 0 bridgehead atoms. The molecule has 3 aromatic heterocycles. The number of anilines is 4. The van der Waals surface area contributed by atoms with Crippen molar-refractivity contribution in [2.75, 3.05) is 54.6 Å². The number of amides is 1. The highest BCUT2D eigenvalue weighted by Gasteiger charge is 2.51. The van der Waals surface area contributed by atoms with Crippen molar-refractivity contribution < 1.29 is 31.5 Å². The second-order valence-corrected chi connectivity index (χ2v) is 19.3. The minimum absolute atomic E-state index is 0.0505. The number of halogens is 2. The van der Waals surface area contributed by atoms with Gasteiger partial charge in [-0.05, 0) is 92.8 Å². The van der Waals surface area contributed by atoms with Crippen molar-refractivity contribution >= 4 is 60.6 Å². The molecule has 1 saturated carbocycles. The average Bonchev–Trinajstić information content (AvgIpc) is 4.15. The van der Waals surface area contributed by atoms with Gasteiger partial charge in [0.25, 0.3) is 11.1 Å². The second kappa shape index (κ2) is 17.1. The first kappa shape index (κ1) is 43.7. The Labute approximate surface area is 373 Å². The maximum atomic E-state index is 15.2. The minimum atomic E-state index is -3.54. The number of benzene rings is 3. The van der Waals surface area contributed by atoms with Crippen LogP contribution in [0.4, 0.5) is 31.9 Å². The molecule has 18 heteroatoms. The van der Waals surface area contributed by atoms with E-state index >= 15 is 8.78 Å². The van der Waals surface area contributed by atoms with Gasteiger partial charge in [-0.25, -0.2) is 22.2 Å². The van der Waals surface area contributed by atoms with Gasteiger partial charge in [0.15, 0.2) is 16.4 Å². The van der Waals surface area contributed by atoms with Crippen LogP contribution in [0.2, 0.25) is 0 Å². The van der Waals surface area contributed by atoms with Crippen LogP contribution >= 0.6 is 0 Å². The molecule has 1 amide bonds. The maximum Gasteiger partial charge on any atom is 0.301 e. The largest absolute Gasteiger partial charge is 0.493 e. The van der Waals surface area contributed by atoms with E-state index in [2.05, 4.69) is 20.9 Å². The number of sulfone groups is 1. The number of ether oxygens (including phenoxy) is 2. The smallest absolute Gasteiger partial charge is 0.301 e. The Bertz CT molecular complexity index is 3090. The van der Waals surface area contributed by atoms with E-state index in [4.69, 9.17) is 14.5 Å². The first-order chi connectivity index (χ1) is 31.1. The number of carbonyl (C=O) groups excluding carboxylic acids is 1. The summed E-state index contributed by atoms with van der Waals surface area (Å²) in [6, 6.07) is 16.1. The van der Waals surface area contributed by atoms with E-state index in [0.717, 1.165) is 11.8 Å². The highest BCUT2D eigenvalue weighted by atomic mass is 32.2. The fraction of sp³-hybridized carbons (Fsp3) is 0.383. The molecule has 2 fully saturated rings. The quantitative estimate of drug-likeness (QED) is 0.117. The van der Waals surface area contributed by atoms with Gasteiger partial charge < -0.3 is 39.5 Å². The number of nitrogens with one attached hydrogen (secondary N) is 3. The van der Waals surface area contributed by atoms with Crippen molar-refractivity contribution in [3.8, 4) is 22.6 Å². The zero-order chi connectivity index (χ0) is 45.8. The molecule has 15 nitrogen and oxygen atoms in total. The van der Waals surface area contributed by atoms with Gasteiger partial charge in [0, 0.05) is 91.4 Å². The van der Waals surface area contributed by atoms with Crippen LogP contribution in [0.3, 0.4) is 0 Å². The third-order valence-electron chi connectivity index (χ3n) is 12.6. The van der Waals surface area contributed by atoms with Gasteiger partial charge in [0.1, 0.15) is 11.6 Å². The molecule has 5 heterocycles. The summed E-state index contributed by atoms with van der Waals surface area (Å²) >= 11 is 0. The summed E-state index contributed by atoms with van der Waals surface area (Å²) in [5.74, 6) is -2.20. The Hall–Kier alpha value is -6.56. The predicted molar refractivity (Wildman–Crippen MR) is 246 cm³/mol. The highest BCUT2D eigenvalue weighted by Crippen LogP contribution is 2.46. The summed E-state index contributed by atoms with van der Waals surface area (Å²) in [5, 5.41) is 11.2. The number of carbonyl (C=O) groups is 1. The van der Waals surface area contributed by atoms with Crippen molar-refractivity contribution in [2.24, 2.45) is 25.9 Å². The Morgan fingerprint density at radius 3 is 2.46 bits per heavy atom. The van der Waals surface area contributed by atoms with Crippen molar-refractivity contribution in [3.05, 3.63) is 99.3 Å². The van der Waals surface area contributed by atoms with Gasteiger partial charge in [0.2, 0.25) is 17.6 Å². The molecule has 3 N–H and O–H groups in total. The lowest BCUT2D eigenvalue weighted by atomic mass is 9.96. The van der Waals surface area contributed by atoms with E-state index < -0.39 is 34.0 Å². The molecule has 340 valence electrons. The molecular weight excluding hydrogens is 859 g/mol. The van der Waals surface area contributed by atoms with Crippen LogP contribution in [-0.2, 0) is 28.7 Å². The molecule has 2 aliphatic heterocycles. The number of aromatic nitrogens is 4. The van der Waals surface area contributed by atoms with E-state index in [-0.39, 0.29) is 46.2 Å². The number of fused-ring (bicyclic) bond motifs is 4. The van der Waals surface area contributed by atoms with Crippen LogP contribution in [0.5, 0.6) is 11.5 Å². The van der Waals surface area contributed by atoms with Crippen molar-refractivity contribution in [2.45, 2.75) is 55.9 Å². The Balaban J connectivity index is 0.820. The van der Waals surface area contributed by atoms with E-state index in [1.54, 1.807) is 56.8 Å². The van der Waals surface area contributed by atoms with Crippen LogP contribution in [0.1, 0.15) is 37.7 Å². The molecule has 3 aliphatic rings. The molecule has 0 spiro atoms. The molecule has 9 rings (SSSR count). The van der Waals surface area contributed by atoms with Gasteiger partial charge in [-0.15, -0.1) is 0 Å². The number of pyridine rings is 2. The summed E-state index contributed by atoms with van der Waals surface area (Å²) in [7, 11) is -0.291. The van der Waals surface area contributed by atoms with E-state index in [9.17, 15) is 22.8 Å². The molecule has 65 heavy (non-hydrogen) atoms. The zero-order valence-corrected chi connectivity index (χ0v) is 37.3. The summed E-state index contributed by atoms with van der Waals surface area (Å²) in [6.07, 6.45) is 7.62. The van der Waals surface area contributed by atoms with E-state index in [1.165, 1.54) is 15.2 Å². The highest BCUT2D eigenvalue weighted by molar-refractivity contribution is 7.90. The second-order valence-electron chi connectivity index (χ2n) is 17.3. The molecule has 1 unspecified atom stereocenters. The van der Waals surface area contributed by atoms with Crippen molar-refractivity contribution in [3.63, 3.8) is 0 Å². The monoisotopic (exact) mass is 908 g/mol. The van der Waals surface area contributed by atoms with Crippen molar-refractivity contribution in [1.29, 1.82) is 0 Å². The number of hydrogen-bond acceptors (Lipinski definition) is 12. The van der Waals surface area contributed by atoms with Gasteiger partial charge in [0.05, 0.1) is 28.7 Å². The number of hydrogen-bond donors (Lipinski definition) is 3. The Morgan fingerprint density at radius 1 is 0.969 bits per heavy atom. The number of nitrogens with zero attached hydrogens (tertiary/aromatic N) is 5.